The van der Waals surface area contributed by atoms with Crippen molar-refractivity contribution in [2.75, 3.05) is 0 Å². The average molecular weight is 308 g/mol. The number of rotatable bonds is 9. The molecule has 2 rings (SSSR count). The molecule has 0 N–H and O–H groups in total. The van der Waals surface area contributed by atoms with E-state index in [1.165, 1.54) is 54.3 Å². The molecule has 0 saturated carbocycles. The fourth-order valence-electron chi connectivity index (χ4n) is 2.62. The van der Waals surface area contributed by atoms with Crippen molar-refractivity contribution in [1.29, 1.82) is 0 Å². The van der Waals surface area contributed by atoms with E-state index in [2.05, 4.69) is 32.9 Å². The van der Waals surface area contributed by atoms with Gasteiger partial charge < -0.3 is 0 Å². The van der Waals surface area contributed by atoms with Crippen molar-refractivity contribution in [3.05, 3.63) is 28.8 Å². The second-order valence-electron chi connectivity index (χ2n) is 5.80. The second-order valence-corrected chi connectivity index (χ2v) is 8.08. The van der Waals surface area contributed by atoms with Crippen LogP contribution in [0, 0.1) is 6.92 Å². The van der Waals surface area contributed by atoms with Gasteiger partial charge in [-0.3, -0.25) is 0 Å². The van der Waals surface area contributed by atoms with Gasteiger partial charge in [0, 0.05) is 19.2 Å². The molecule has 0 nitrogen and oxygen atoms in total. The van der Waals surface area contributed by atoms with Crippen LogP contribution in [0.3, 0.4) is 0 Å². The van der Waals surface area contributed by atoms with Crippen LogP contribution in [0.1, 0.15) is 74.5 Å². The standard InChI is InChI=1S/C18H27S2/c1-4-6-7-8-9-11-15-12-17-18(19-15)13-16(20-17)14(3)10-5-2/h12-14H,2,4-11H2,1,3H3. The van der Waals surface area contributed by atoms with Crippen molar-refractivity contribution < 1.29 is 0 Å². The first-order chi connectivity index (χ1) is 9.74. The van der Waals surface area contributed by atoms with Gasteiger partial charge in [0.2, 0.25) is 0 Å². The summed E-state index contributed by atoms with van der Waals surface area (Å²) in [5.41, 5.74) is 0. The molecule has 1 radical (unpaired) electrons. The predicted molar refractivity (Wildman–Crippen MR) is 95.2 cm³/mol. The number of hydrogen-bond donors (Lipinski definition) is 0. The summed E-state index contributed by atoms with van der Waals surface area (Å²) in [5.74, 6) is 0.676. The first kappa shape index (κ1) is 16.0. The molecule has 1 atom stereocenters. The van der Waals surface area contributed by atoms with Crippen LogP contribution >= 0.6 is 22.7 Å². The van der Waals surface area contributed by atoms with E-state index >= 15 is 0 Å². The van der Waals surface area contributed by atoms with Crippen LogP contribution in [0.2, 0.25) is 0 Å². The average Bonchev–Trinajstić information content (AvgIpc) is 2.97. The number of fused-ring (bicyclic) bond motifs is 1. The Morgan fingerprint density at radius 2 is 1.80 bits per heavy atom. The zero-order chi connectivity index (χ0) is 14.4. The van der Waals surface area contributed by atoms with Crippen molar-refractivity contribution >= 4 is 32.1 Å². The lowest BCUT2D eigenvalue weighted by atomic mass is 10.1. The van der Waals surface area contributed by atoms with Crippen LogP contribution in [0.25, 0.3) is 9.40 Å². The molecule has 2 heterocycles. The van der Waals surface area contributed by atoms with Gasteiger partial charge in [-0.2, -0.15) is 0 Å². The quantitative estimate of drug-likeness (QED) is 0.430. The molecule has 0 aliphatic rings. The maximum atomic E-state index is 3.97. The molecule has 0 saturated heterocycles. The minimum Gasteiger partial charge on any atom is -0.139 e. The van der Waals surface area contributed by atoms with E-state index in [4.69, 9.17) is 0 Å². The van der Waals surface area contributed by atoms with Gasteiger partial charge in [-0.1, -0.05) is 52.9 Å². The van der Waals surface area contributed by atoms with E-state index in [1.807, 2.05) is 22.7 Å². The number of thiophene rings is 2. The van der Waals surface area contributed by atoms with Gasteiger partial charge >= 0.3 is 0 Å². The number of unbranched alkanes of at least 4 members (excludes halogenated alkanes) is 4. The highest BCUT2D eigenvalue weighted by molar-refractivity contribution is 7.27. The highest BCUT2D eigenvalue weighted by atomic mass is 32.1. The minimum absolute atomic E-state index is 0.676. The lowest BCUT2D eigenvalue weighted by Gasteiger charge is -2.05. The lowest BCUT2D eigenvalue weighted by molar-refractivity contribution is 0.634. The van der Waals surface area contributed by atoms with Crippen molar-refractivity contribution in [1.82, 2.24) is 0 Å². The summed E-state index contributed by atoms with van der Waals surface area (Å²) < 4.78 is 3.01. The molecule has 1 unspecified atom stereocenters. The highest BCUT2D eigenvalue weighted by Gasteiger charge is 2.11. The summed E-state index contributed by atoms with van der Waals surface area (Å²) in [7, 11) is 0. The van der Waals surface area contributed by atoms with Gasteiger partial charge in [0.1, 0.15) is 0 Å². The van der Waals surface area contributed by atoms with Crippen LogP contribution in [-0.2, 0) is 6.42 Å². The van der Waals surface area contributed by atoms with Crippen LogP contribution in [-0.4, -0.2) is 0 Å². The third-order valence-electron chi connectivity index (χ3n) is 3.93. The summed E-state index contributed by atoms with van der Waals surface area (Å²) in [5, 5.41) is 0. The van der Waals surface area contributed by atoms with E-state index in [9.17, 15) is 0 Å². The van der Waals surface area contributed by atoms with Crippen LogP contribution in [0.5, 0.6) is 0 Å². The smallest absolute Gasteiger partial charge is 0.0456 e. The Morgan fingerprint density at radius 1 is 1.05 bits per heavy atom. The maximum absolute atomic E-state index is 3.97. The molecule has 0 aliphatic heterocycles. The molecule has 2 aromatic rings. The van der Waals surface area contributed by atoms with Crippen molar-refractivity contribution in [3.8, 4) is 0 Å². The van der Waals surface area contributed by atoms with E-state index < -0.39 is 0 Å². The minimum atomic E-state index is 0.676. The molecule has 0 aliphatic carbocycles. The fraction of sp³-hybridized carbons (Fsp3) is 0.611. The summed E-state index contributed by atoms with van der Waals surface area (Å²) in [6, 6.07) is 4.86. The Balaban J connectivity index is 1.89. The molecule has 0 spiro atoms. The Bertz CT molecular complexity index is 475. The van der Waals surface area contributed by atoms with Gasteiger partial charge in [-0.25, -0.2) is 0 Å². The van der Waals surface area contributed by atoms with E-state index in [0.717, 1.165) is 6.42 Å². The van der Waals surface area contributed by atoms with Crippen molar-refractivity contribution in [3.63, 3.8) is 0 Å². The Labute approximate surface area is 132 Å². The van der Waals surface area contributed by atoms with Crippen molar-refractivity contribution in [2.24, 2.45) is 0 Å². The zero-order valence-corrected chi connectivity index (χ0v) is 14.5. The monoisotopic (exact) mass is 307 g/mol. The summed E-state index contributed by atoms with van der Waals surface area (Å²) in [4.78, 5) is 3.13. The number of aryl methyl sites for hydroxylation is 1. The third-order valence-corrected chi connectivity index (χ3v) is 6.51. The van der Waals surface area contributed by atoms with Gasteiger partial charge in [0.15, 0.2) is 0 Å². The van der Waals surface area contributed by atoms with Crippen LogP contribution in [0.15, 0.2) is 12.1 Å². The highest BCUT2D eigenvalue weighted by Crippen LogP contribution is 2.38. The van der Waals surface area contributed by atoms with Crippen LogP contribution < -0.4 is 0 Å². The molecule has 0 amide bonds. The summed E-state index contributed by atoms with van der Waals surface area (Å²) in [6.07, 6.45) is 10.4. The van der Waals surface area contributed by atoms with Gasteiger partial charge in [-0.05, 0) is 37.3 Å². The first-order valence-electron chi connectivity index (χ1n) is 8.06. The molecular formula is C18H27S2. The van der Waals surface area contributed by atoms with E-state index in [0.29, 0.717) is 5.92 Å². The Morgan fingerprint density at radius 3 is 2.50 bits per heavy atom. The predicted octanol–water partition coefficient (Wildman–Crippen LogP) is 7.19. The largest absolute Gasteiger partial charge is 0.139 e. The van der Waals surface area contributed by atoms with Gasteiger partial charge in [0.25, 0.3) is 0 Å². The number of hydrogen-bond acceptors (Lipinski definition) is 2. The fourth-order valence-corrected chi connectivity index (χ4v) is 5.18. The van der Waals surface area contributed by atoms with Gasteiger partial charge in [-0.15, -0.1) is 22.7 Å². The second kappa shape index (κ2) is 8.19. The molecule has 111 valence electrons. The van der Waals surface area contributed by atoms with Crippen LogP contribution in [0.4, 0.5) is 0 Å². The first-order valence-corrected chi connectivity index (χ1v) is 9.69. The lowest BCUT2D eigenvalue weighted by Crippen LogP contribution is -1.87. The molecule has 2 aromatic heterocycles. The zero-order valence-electron chi connectivity index (χ0n) is 12.9. The topological polar surface area (TPSA) is 0 Å². The molecule has 0 fully saturated rings. The third kappa shape index (κ3) is 4.33. The molecule has 20 heavy (non-hydrogen) atoms. The Kier molecular flexibility index (Phi) is 6.57. The molecule has 0 aromatic carbocycles. The summed E-state index contributed by atoms with van der Waals surface area (Å²) >= 11 is 4.01. The normalized spacial score (nSPS) is 13.2. The molecule has 2 heteroatoms. The van der Waals surface area contributed by atoms with Gasteiger partial charge in [0.05, 0.1) is 0 Å². The SMILES string of the molecule is [CH2]CCC(C)c1cc2sc(CCCCCCC)cc2s1. The Hall–Kier alpha value is -0.340. The maximum Gasteiger partial charge on any atom is 0.0456 e. The summed E-state index contributed by atoms with van der Waals surface area (Å²) in [6.45, 7) is 8.58. The molecule has 0 bridgehead atoms. The van der Waals surface area contributed by atoms with E-state index in [1.54, 1.807) is 9.75 Å². The van der Waals surface area contributed by atoms with E-state index in [-0.39, 0.29) is 0 Å². The molecular weight excluding hydrogens is 280 g/mol. The van der Waals surface area contributed by atoms with Crippen molar-refractivity contribution in [2.45, 2.75) is 71.1 Å².